The van der Waals surface area contributed by atoms with E-state index in [9.17, 15) is 18.0 Å². The Morgan fingerprint density at radius 2 is 1.95 bits per heavy atom. The smallest absolute Gasteiger partial charge is 0.372 e. The zero-order valence-electron chi connectivity index (χ0n) is 10.3. The van der Waals surface area contributed by atoms with Crippen molar-refractivity contribution in [3.63, 3.8) is 0 Å². The Balaban J connectivity index is 2.03. The van der Waals surface area contributed by atoms with Crippen molar-refractivity contribution in [3.8, 4) is 0 Å². The summed E-state index contributed by atoms with van der Waals surface area (Å²) in [5, 5.41) is 1.87. The standard InChI is InChI=1S/C13H15F3N2O/c14-13(15,16)9-17-12(19)10-4-3-5-11(8-10)18-6-1-2-7-18/h3-5,8H,1-2,6-7,9H2,(H,17,19). The lowest BCUT2D eigenvalue weighted by molar-refractivity contribution is -0.123. The van der Waals surface area contributed by atoms with E-state index in [2.05, 4.69) is 4.90 Å². The third kappa shape index (κ3) is 3.87. The predicted octanol–water partition coefficient (Wildman–Crippen LogP) is 2.58. The van der Waals surface area contributed by atoms with Crippen molar-refractivity contribution in [1.29, 1.82) is 0 Å². The minimum atomic E-state index is -4.39. The van der Waals surface area contributed by atoms with Crippen LogP contribution < -0.4 is 10.2 Å². The lowest BCUT2D eigenvalue weighted by Gasteiger charge is -2.18. The maximum absolute atomic E-state index is 12.0. The summed E-state index contributed by atoms with van der Waals surface area (Å²) < 4.78 is 36.1. The molecule has 1 saturated heterocycles. The van der Waals surface area contributed by atoms with Gasteiger partial charge in [-0.05, 0) is 31.0 Å². The largest absolute Gasteiger partial charge is 0.405 e. The predicted molar refractivity (Wildman–Crippen MR) is 66.3 cm³/mol. The SMILES string of the molecule is O=C(NCC(F)(F)F)c1cccc(N2CCCC2)c1. The highest BCUT2D eigenvalue weighted by Crippen LogP contribution is 2.21. The minimum Gasteiger partial charge on any atom is -0.372 e. The highest BCUT2D eigenvalue weighted by atomic mass is 19.4. The van der Waals surface area contributed by atoms with Gasteiger partial charge in [0.2, 0.25) is 0 Å². The first-order chi connectivity index (χ1) is 8.96. The van der Waals surface area contributed by atoms with Crippen molar-refractivity contribution in [2.45, 2.75) is 19.0 Å². The van der Waals surface area contributed by atoms with Gasteiger partial charge in [-0.3, -0.25) is 4.79 Å². The van der Waals surface area contributed by atoms with Crippen LogP contribution in [0.25, 0.3) is 0 Å². The number of alkyl halides is 3. The van der Waals surface area contributed by atoms with Crippen molar-refractivity contribution >= 4 is 11.6 Å². The molecule has 1 aliphatic heterocycles. The molecule has 1 aromatic rings. The minimum absolute atomic E-state index is 0.258. The third-order valence-electron chi connectivity index (χ3n) is 3.03. The van der Waals surface area contributed by atoms with Crippen LogP contribution >= 0.6 is 0 Å². The van der Waals surface area contributed by atoms with E-state index in [1.165, 1.54) is 6.07 Å². The van der Waals surface area contributed by atoms with E-state index in [0.29, 0.717) is 0 Å². The van der Waals surface area contributed by atoms with E-state index in [-0.39, 0.29) is 5.56 Å². The summed E-state index contributed by atoms with van der Waals surface area (Å²) in [7, 11) is 0. The van der Waals surface area contributed by atoms with Gasteiger partial charge in [-0.25, -0.2) is 0 Å². The molecule has 0 saturated carbocycles. The first kappa shape index (κ1) is 13.7. The fourth-order valence-electron chi connectivity index (χ4n) is 2.10. The van der Waals surface area contributed by atoms with Crippen molar-refractivity contribution in [2.24, 2.45) is 0 Å². The van der Waals surface area contributed by atoms with Crippen LogP contribution in [0, 0.1) is 0 Å². The Kier molecular flexibility index (Phi) is 3.97. The summed E-state index contributed by atoms with van der Waals surface area (Å²) in [6, 6.07) is 6.71. The lowest BCUT2D eigenvalue weighted by Crippen LogP contribution is -2.33. The van der Waals surface area contributed by atoms with Crippen LogP contribution in [0.5, 0.6) is 0 Å². The molecule has 0 bridgehead atoms. The van der Waals surface area contributed by atoms with Gasteiger partial charge in [0, 0.05) is 24.3 Å². The number of hydrogen-bond donors (Lipinski definition) is 1. The van der Waals surface area contributed by atoms with Crippen LogP contribution in [0.4, 0.5) is 18.9 Å². The van der Waals surface area contributed by atoms with Crippen LogP contribution in [0.3, 0.4) is 0 Å². The topological polar surface area (TPSA) is 32.3 Å². The molecule has 1 fully saturated rings. The summed E-state index contributed by atoms with van der Waals surface area (Å²) in [5.74, 6) is -0.696. The maximum Gasteiger partial charge on any atom is 0.405 e. The molecule has 1 amide bonds. The molecule has 2 rings (SSSR count). The van der Waals surface area contributed by atoms with Gasteiger partial charge < -0.3 is 10.2 Å². The normalized spacial score (nSPS) is 15.6. The van der Waals surface area contributed by atoms with E-state index < -0.39 is 18.6 Å². The van der Waals surface area contributed by atoms with Gasteiger partial charge in [0.25, 0.3) is 5.91 Å². The fraction of sp³-hybridized carbons (Fsp3) is 0.462. The molecule has 1 N–H and O–H groups in total. The first-order valence-corrected chi connectivity index (χ1v) is 6.16. The monoisotopic (exact) mass is 272 g/mol. The number of carbonyl (C=O) groups excluding carboxylic acids is 1. The van der Waals surface area contributed by atoms with Crippen LogP contribution in [-0.2, 0) is 0 Å². The van der Waals surface area contributed by atoms with Crippen LogP contribution in [0.2, 0.25) is 0 Å². The van der Waals surface area contributed by atoms with Crippen LogP contribution in [0.15, 0.2) is 24.3 Å². The van der Waals surface area contributed by atoms with Gasteiger partial charge >= 0.3 is 6.18 Å². The molecule has 1 aromatic carbocycles. The molecular formula is C13H15F3N2O. The number of rotatable bonds is 3. The van der Waals surface area contributed by atoms with E-state index >= 15 is 0 Å². The Labute approximate surface area is 109 Å². The fourth-order valence-corrected chi connectivity index (χ4v) is 2.10. The second kappa shape index (κ2) is 5.50. The molecule has 1 aliphatic rings. The molecule has 6 heteroatoms. The third-order valence-corrected chi connectivity index (χ3v) is 3.03. The van der Waals surface area contributed by atoms with Gasteiger partial charge in [0.1, 0.15) is 6.54 Å². The quantitative estimate of drug-likeness (QED) is 0.917. The Bertz CT molecular complexity index is 453. The Morgan fingerprint density at radius 3 is 2.58 bits per heavy atom. The molecule has 0 unspecified atom stereocenters. The van der Waals surface area contributed by atoms with Crippen molar-refractivity contribution < 1.29 is 18.0 Å². The van der Waals surface area contributed by atoms with Crippen molar-refractivity contribution in [3.05, 3.63) is 29.8 Å². The lowest BCUT2D eigenvalue weighted by atomic mass is 10.1. The van der Waals surface area contributed by atoms with Crippen molar-refractivity contribution in [1.82, 2.24) is 5.32 Å². The molecule has 3 nitrogen and oxygen atoms in total. The van der Waals surface area contributed by atoms with Crippen molar-refractivity contribution in [2.75, 3.05) is 24.5 Å². The zero-order valence-corrected chi connectivity index (χ0v) is 10.3. The van der Waals surface area contributed by atoms with E-state index in [1.807, 2.05) is 11.4 Å². The van der Waals surface area contributed by atoms with E-state index in [1.54, 1.807) is 12.1 Å². The molecule has 0 atom stereocenters. The summed E-state index contributed by atoms with van der Waals surface area (Å²) in [6.45, 7) is 0.543. The van der Waals surface area contributed by atoms with Gasteiger partial charge in [0.05, 0.1) is 0 Å². The first-order valence-electron chi connectivity index (χ1n) is 6.16. The van der Waals surface area contributed by atoms with E-state index in [4.69, 9.17) is 0 Å². The number of halogens is 3. The number of benzene rings is 1. The number of anilines is 1. The number of carbonyl (C=O) groups is 1. The Morgan fingerprint density at radius 1 is 1.26 bits per heavy atom. The summed E-state index contributed by atoms with van der Waals surface area (Å²) in [5.41, 5.74) is 1.14. The zero-order chi connectivity index (χ0) is 13.9. The summed E-state index contributed by atoms with van der Waals surface area (Å²) in [4.78, 5) is 13.8. The second-order valence-electron chi connectivity index (χ2n) is 4.54. The molecule has 1 heterocycles. The van der Waals surface area contributed by atoms with E-state index in [0.717, 1.165) is 31.6 Å². The number of nitrogens with one attached hydrogen (secondary N) is 1. The summed E-state index contributed by atoms with van der Waals surface area (Å²) in [6.07, 6.45) is -2.18. The molecule has 19 heavy (non-hydrogen) atoms. The van der Waals surface area contributed by atoms with Crippen LogP contribution in [-0.4, -0.2) is 31.7 Å². The highest BCUT2D eigenvalue weighted by molar-refractivity contribution is 5.95. The molecule has 0 radical (unpaired) electrons. The number of hydrogen-bond acceptors (Lipinski definition) is 2. The maximum atomic E-state index is 12.0. The van der Waals surface area contributed by atoms with Gasteiger partial charge in [-0.1, -0.05) is 6.07 Å². The number of nitrogens with zero attached hydrogens (tertiary/aromatic N) is 1. The average Bonchev–Trinajstić information content (AvgIpc) is 2.89. The van der Waals surface area contributed by atoms with Crippen LogP contribution in [0.1, 0.15) is 23.2 Å². The average molecular weight is 272 g/mol. The second-order valence-corrected chi connectivity index (χ2v) is 4.54. The molecule has 0 aromatic heterocycles. The van der Waals surface area contributed by atoms with Gasteiger partial charge in [-0.2, -0.15) is 13.2 Å². The highest BCUT2D eigenvalue weighted by Gasteiger charge is 2.28. The van der Waals surface area contributed by atoms with Gasteiger partial charge in [0.15, 0.2) is 0 Å². The molecule has 0 spiro atoms. The molecular weight excluding hydrogens is 257 g/mol. The molecule has 0 aliphatic carbocycles. The number of amides is 1. The molecule has 104 valence electrons. The summed E-state index contributed by atoms with van der Waals surface area (Å²) >= 11 is 0. The van der Waals surface area contributed by atoms with Gasteiger partial charge in [-0.15, -0.1) is 0 Å². The Hall–Kier alpha value is -1.72.